The Morgan fingerprint density at radius 2 is 1.60 bits per heavy atom. The van der Waals surface area contributed by atoms with Crippen LogP contribution < -0.4 is 0 Å². The van der Waals surface area contributed by atoms with Crippen molar-refractivity contribution in [2.45, 2.75) is 30.9 Å². The van der Waals surface area contributed by atoms with Crippen LogP contribution in [0.15, 0.2) is 24.3 Å². The second-order valence-electron chi connectivity index (χ2n) is 5.10. The van der Waals surface area contributed by atoms with Gasteiger partial charge in [0.15, 0.2) is 0 Å². The molecular weight excluding hydrogens is 283 g/mol. The van der Waals surface area contributed by atoms with E-state index in [4.69, 9.17) is 0 Å². The normalized spacial score (nSPS) is 24.0. The summed E-state index contributed by atoms with van der Waals surface area (Å²) >= 11 is 0. The molecule has 0 aromatic heterocycles. The van der Waals surface area contributed by atoms with E-state index in [1.54, 1.807) is 0 Å². The highest BCUT2D eigenvalue weighted by atomic mass is 19.4. The van der Waals surface area contributed by atoms with Gasteiger partial charge in [0.1, 0.15) is 0 Å². The quantitative estimate of drug-likeness (QED) is 0.863. The van der Waals surface area contributed by atoms with Gasteiger partial charge >= 0.3 is 12.1 Å². The summed E-state index contributed by atoms with van der Waals surface area (Å²) < 4.78 is 63.6. The van der Waals surface area contributed by atoms with Crippen LogP contribution in [0.4, 0.5) is 22.0 Å². The molecule has 0 bridgehead atoms. The van der Waals surface area contributed by atoms with Gasteiger partial charge in [0.05, 0.1) is 11.0 Å². The molecule has 0 radical (unpaired) electrons. The first-order valence-corrected chi connectivity index (χ1v) is 5.78. The Labute approximate surface area is 111 Å². The molecule has 1 N–H and O–H groups in total. The van der Waals surface area contributed by atoms with Crippen molar-refractivity contribution in [2.24, 2.45) is 5.92 Å². The Bertz CT molecular complexity index is 535. The van der Waals surface area contributed by atoms with E-state index in [2.05, 4.69) is 0 Å². The Morgan fingerprint density at radius 3 is 1.90 bits per heavy atom. The van der Waals surface area contributed by atoms with Crippen LogP contribution >= 0.6 is 0 Å². The van der Waals surface area contributed by atoms with Gasteiger partial charge in [0, 0.05) is 12.3 Å². The van der Waals surface area contributed by atoms with E-state index in [1.165, 1.54) is 0 Å². The van der Waals surface area contributed by atoms with Crippen molar-refractivity contribution in [3.63, 3.8) is 0 Å². The fourth-order valence-corrected chi connectivity index (χ4v) is 2.32. The minimum absolute atomic E-state index is 0.0554. The molecule has 2 atom stereocenters. The monoisotopic (exact) mass is 294 g/mol. The molecule has 2 rings (SSSR count). The van der Waals surface area contributed by atoms with E-state index < -0.39 is 41.4 Å². The number of hydrogen-bond acceptors (Lipinski definition) is 1. The lowest BCUT2D eigenvalue weighted by Crippen LogP contribution is -2.37. The van der Waals surface area contributed by atoms with Crippen molar-refractivity contribution < 1.29 is 31.9 Å². The first-order valence-electron chi connectivity index (χ1n) is 5.78. The van der Waals surface area contributed by atoms with Gasteiger partial charge < -0.3 is 5.11 Å². The summed E-state index contributed by atoms with van der Waals surface area (Å²) in [4.78, 5) is 11.3. The van der Waals surface area contributed by atoms with Crippen molar-refractivity contribution in [1.29, 1.82) is 0 Å². The molecule has 0 amide bonds. The van der Waals surface area contributed by atoms with Crippen molar-refractivity contribution in [3.05, 3.63) is 35.4 Å². The Kier molecular flexibility index (Phi) is 3.07. The number of alkyl halides is 5. The zero-order chi connectivity index (χ0) is 15.3. The van der Waals surface area contributed by atoms with E-state index in [0.29, 0.717) is 12.1 Å². The van der Waals surface area contributed by atoms with Crippen molar-refractivity contribution >= 4 is 5.97 Å². The van der Waals surface area contributed by atoms with Gasteiger partial charge in [-0.25, -0.2) is 8.78 Å². The third kappa shape index (κ3) is 2.25. The molecule has 7 heteroatoms. The lowest BCUT2D eigenvalue weighted by atomic mass is 9.77. The molecule has 0 heterocycles. The van der Waals surface area contributed by atoms with Gasteiger partial charge in [-0.1, -0.05) is 12.1 Å². The molecule has 1 aliphatic rings. The summed E-state index contributed by atoms with van der Waals surface area (Å²) in [5.74, 6) is -5.96. The summed E-state index contributed by atoms with van der Waals surface area (Å²) in [6, 6.07) is 3.31. The number of aliphatic carboxylic acids is 1. The predicted octanol–water partition coefficient (Wildman–Crippen LogP) is 3.70. The average Bonchev–Trinajstić information content (AvgIpc) is 2.97. The van der Waals surface area contributed by atoms with Crippen LogP contribution in [-0.2, 0) is 16.4 Å². The van der Waals surface area contributed by atoms with Crippen molar-refractivity contribution in [3.8, 4) is 0 Å². The van der Waals surface area contributed by atoms with Gasteiger partial charge in [-0.3, -0.25) is 4.79 Å². The van der Waals surface area contributed by atoms with E-state index in [0.717, 1.165) is 19.1 Å². The van der Waals surface area contributed by atoms with Crippen LogP contribution in [0, 0.1) is 5.92 Å². The van der Waals surface area contributed by atoms with Crippen LogP contribution in [0.3, 0.4) is 0 Å². The molecule has 1 aliphatic carbocycles. The molecular formula is C13H11F5O2. The van der Waals surface area contributed by atoms with Gasteiger partial charge in [-0.15, -0.1) is 0 Å². The minimum Gasteiger partial charge on any atom is -0.481 e. The number of hydrogen-bond donors (Lipinski definition) is 1. The molecule has 1 fully saturated rings. The van der Waals surface area contributed by atoms with E-state index >= 15 is 0 Å². The lowest BCUT2D eigenvalue weighted by Gasteiger charge is -2.25. The summed E-state index contributed by atoms with van der Waals surface area (Å²) in [6.07, 6.45) is -5.13. The summed E-state index contributed by atoms with van der Waals surface area (Å²) in [5.41, 5.74) is -2.90. The van der Waals surface area contributed by atoms with E-state index in [9.17, 15) is 31.9 Å². The fourth-order valence-electron chi connectivity index (χ4n) is 2.32. The van der Waals surface area contributed by atoms with Crippen LogP contribution in [0.1, 0.15) is 24.5 Å². The van der Waals surface area contributed by atoms with Gasteiger partial charge in [0.2, 0.25) is 0 Å². The van der Waals surface area contributed by atoms with Gasteiger partial charge in [-0.2, -0.15) is 13.2 Å². The number of carbonyl (C=O) groups is 1. The molecule has 0 aliphatic heterocycles. The van der Waals surface area contributed by atoms with Crippen LogP contribution in [0.25, 0.3) is 0 Å². The largest absolute Gasteiger partial charge is 0.481 e. The molecule has 20 heavy (non-hydrogen) atoms. The number of benzene rings is 1. The van der Waals surface area contributed by atoms with Gasteiger partial charge in [-0.05, 0) is 24.6 Å². The maximum Gasteiger partial charge on any atom is 0.416 e. The third-order valence-electron chi connectivity index (χ3n) is 3.78. The molecule has 2 unspecified atom stereocenters. The molecule has 1 saturated carbocycles. The molecule has 2 nitrogen and oxygen atoms in total. The summed E-state index contributed by atoms with van der Waals surface area (Å²) in [7, 11) is 0. The summed E-state index contributed by atoms with van der Waals surface area (Å²) in [6.45, 7) is 1.11. The maximum absolute atomic E-state index is 13.2. The van der Waals surface area contributed by atoms with Crippen molar-refractivity contribution in [1.82, 2.24) is 0 Å². The highest BCUT2D eigenvalue weighted by molar-refractivity contribution is 5.82. The first-order chi connectivity index (χ1) is 8.99. The highest BCUT2D eigenvalue weighted by Gasteiger charge is 2.68. The molecule has 0 saturated heterocycles. The summed E-state index contributed by atoms with van der Waals surface area (Å²) in [5, 5.41) is 9.20. The third-order valence-corrected chi connectivity index (χ3v) is 3.78. The van der Waals surface area contributed by atoms with Gasteiger partial charge in [0.25, 0.3) is 5.92 Å². The molecule has 0 spiro atoms. The maximum atomic E-state index is 13.2. The second-order valence-corrected chi connectivity index (χ2v) is 5.10. The number of rotatable bonds is 3. The number of carboxylic acids is 1. The minimum atomic E-state index is -4.55. The van der Waals surface area contributed by atoms with E-state index in [-0.39, 0.29) is 5.56 Å². The molecule has 1 aromatic rings. The topological polar surface area (TPSA) is 37.3 Å². The number of carboxylic acid groups (broad SMARTS) is 1. The lowest BCUT2D eigenvalue weighted by molar-refractivity contribution is -0.145. The van der Waals surface area contributed by atoms with Crippen LogP contribution in [0.2, 0.25) is 0 Å². The molecule has 110 valence electrons. The second kappa shape index (κ2) is 4.17. The Balaban J connectivity index is 2.39. The standard InChI is InChI=1S/C13H11F5O2/c1-11(10(19)20,9-6-12(9,14)15)7-2-4-8(5-3-7)13(16,17)18/h2-5,9H,6H2,1H3,(H,19,20). The Hall–Kier alpha value is -1.66. The number of halogens is 5. The smallest absolute Gasteiger partial charge is 0.416 e. The zero-order valence-electron chi connectivity index (χ0n) is 10.3. The average molecular weight is 294 g/mol. The van der Waals surface area contributed by atoms with Crippen LogP contribution in [0.5, 0.6) is 0 Å². The zero-order valence-corrected chi connectivity index (χ0v) is 10.3. The first kappa shape index (κ1) is 14.7. The van der Waals surface area contributed by atoms with E-state index in [1.807, 2.05) is 0 Å². The Morgan fingerprint density at radius 1 is 1.20 bits per heavy atom. The predicted molar refractivity (Wildman–Crippen MR) is 59.5 cm³/mol. The molecule has 1 aromatic carbocycles. The fraction of sp³-hybridized carbons (Fsp3) is 0.462. The SMILES string of the molecule is CC(C(=O)O)(c1ccc(C(F)(F)F)cc1)C1CC1(F)F. The van der Waals surface area contributed by atoms with Crippen LogP contribution in [-0.4, -0.2) is 17.0 Å². The highest BCUT2D eigenvalue weighted by Crippen LogP contribution is 2.58. The van der Waals surface area contributed by atoms with Crippen molar-refractivity contribution in [2.75, 3.05) is 0 Å².